The van der Waals surface area contributed by atoms with Crippen LogP contribution in [0.4, 0.5) is 5.95 Å². The van der Waals surface area contributed by atoms with Crippen LogP contribution in [0.25, 0.3) is 0 Å². The second kappa shape index (κ2) is 8.10. The van der Waals surface area contributed by atoms with Crippen molar-refractivity contribution in [1.29, 1.82) is 0 Å². The van der Waals surface area contributed by atoms with Gasteiger partial charge in [0, 0.05) is 38.1 Å². The molecule has 0 radical (unpaired) electrons. The molecule has 0 aliphatic carbocycles. The normalized spacial score (nSPS) is 14.6. The highest BCUT2D eigenvalue weighted by Crippen LogP contribution is 2.17. The third-order valence-corrected chi connectivity index (χ3v) is 4.60. The third-order valence-electron chi connectivity index (χ3n) is 4.60. The van der Waals surface area contributed by atoms with Gasteiger partial charge in [0.25, 0.3) is 5.91 Å². The molecule has 0 N–H and O–H groups in total. The molecule has 0 unspecified atom stereocenters. The molecule has 0 spiro atoms. The predicted octanol–water partition coefficient (Wildman–Crippen LogP) is 3.52. The van der Waals surface area contributed by atoms with Gasteiger partial charge in [0.2, 0.25) is 5.95 Å². The number of piperidine rings is 1. The summed E-state index contributed by atoms with van der Waals surface area (Å²) in [6.45, 7) is 6.65. The second-order valence-corrected chi connectivity index (χ2v) is 6.83. The monoisotopic (exact) mass is 338 g/mol. The lowest BCUT2D eigenvalue weighted by Crippen LogP contribution is -2.36. The molecule has 1 aromatic heterocycles. The molecule has 1 aliphatic heterocycles. The van der Waals surface area contributed by atoms with Gasteiger partial charge in [-0.1, -0.05) is 30.3 Å². The van der Waals surface area contributed by atoms with E-state index in [4.69, 9.17) is 0 Å². The number of hydrogen-bond acceptors (Lipinski definition) is 4. The molecule has 3 rings (SSSR count). The summed E-state index contributed by atoms with van der Waals surface area (Å²) in [5, 5.41) is 0. The van der Waals surface area contributed by atoms with E-state index in [1.807, 2.05) is 49.1 Å². The smallest absolute Gasteiger partial charge is 0.257 e. The Morgan fingerprint density at radius 3 is 2.32 bits per heavy atom. The summed E-state index contributed by atoms with van der Waals surface area (Å²) in [5.74, 6) is 0.708. The van der Waals surface area contributed by atoms with Crippen molar-refractivity contribution in [2.45, 2.75) is 45.7 Å². The molecule has 25 heavy (non-hydrogen) atoms. The van der Waals surface area contributed by atoms with Crippen LogP contribution in [-0.4, -0.2) is 39.9 Å². The maximum absolute atomic E-state index is 12.9. The lowest BCUT2D eigenvalue weighted by atomic mass is 10.1. The van der Waals surface area contributed by atoms with E-state index < -0.39 is 0 Å². The number of benzene rings is 1. The minimum absolute atomic E-state index is 0.0240. The first-order chi connectivity index (χ1) is 12.1. The van der Waals surface area contributed by atoms with Gasteiger partial charge in [0.05, 0.1) is 5.56 Å². The van der Waals surface area contributed by atoms with Crippen LogP contribution in [0, 0.1) is 0 Å². The van der Waals surface area contributed by atoms with Crippen LogP contribution in [0.15, 0.2) is 42.7 Å². The Labute approximate surface area is 149 Å². The highest BCUT2D eigenvalue weighted by Gasteiger charge is 2.21. The van der Waals surface area contributed by atoms with E-state index in [1.165, 1.54) is 19.3 Å². The Balaban J connectivity index is 1.73. The standard InChI is InChI=1S/C20H26N4O/c1-16(2)24(15-17-9-5-3-6-10-17)19(25)18-13-21-20(22-14-18)23-11-7-4-8-12-23/h3,5-6,9-10,13-14,16H,4,7-8,11-12,15H2,1-2H3. The fraction of sp³-hybridized carbons (Fsp3) is 0.450. The zero-order valence-corrected chi connectivity index (χ0v) is 15.1. The lowest BCUT2D eigenvalue weighted by molar-refractivity contribution is 0.0689. The van der Waals surface area contributed by atoms with Gasteiger partial charge >= 0.3 is 0 Å². The summed E-state index contributed by atoms with van der Waals surface area (Å²) in [7, 11) is 0. The molecule has 0 bridgehead atoms. The van der Waals surface area contributed by atoms with Crippen LogP contribution in [0.2, 0.25) is 0 Å². The summed E-state index contributed by atoms with van der Waals surface area (Å²) in [4.78, 5) is 25.8. The predicted molar refractivity (Wildman–Crippen MR) is 99.5 cm³/mol. The summed E-state index contributed by atoms with van der Waals surface area (Å²) in [6.07, 6.45) is 6.97. The molecule has 0 atom stereocenters. The molecule has 0 saturated carbocycles. The van der Waals surface area contributed by atoms with Gasteiger partial charge in [-0.2, -0.15) is 0 Å². The van der Waals surface area contributed by atoms with E-state index in [9.17, 15) is 4.79 Å². The van der Waals surface area contributed by atoms with Gasteiger partial charge in [-0.3, -0.25) is 4.79 Å². The molecular weight excluding hydrogens is 312 g/mol. The van der Waals surface area contributed by atoms with E-state index in [-0.39, 0.29) is 11.9 Å². The summed E-state index contributed by atoms with van der Waals surface area (Å²) >= 11 is 0. The van der Waals surface area contributed by atoms with E-state index in [0.29, 0.717) is 12.1 Å². The molecule has 1 saturated heterocycles. The van der Waals surface area contributed by atoms with Crippen molar-refractivity contribution in [1.82, 2.24) is 14.9 Å². The third kappa shape index (κ3) is 4.35. The number of carbonyl (C=O) groups is 1. The number of amides is 1. The fourth-order valence-electron chi connectivity index (χ4n) is 3.12. The van der Waals surface area contributed by atoms with Crippen molar-refractivity contribution in [3.05, 3.63) is 53.9 Å². The molecule has 2 aromatic rings. The van der Waals surface area contributed by atoms with Gasteiger partial charge in [-0.15, -0.1) is 0 Å². The van der Waals surface area contributed by atoms with Crippen LogP contribution < -0.4 is 4.90 Å². The molecule has 2 heterocycles. The lowest BCUT2D eigenvalue weighted by Gasteiger charge is -2.28. The Kier molecular flexibility index (Phi) is 5.64. The Hall–Kier alpha value is -2.43. The first-order valence-electron chi connectivity index (χ1n) is 9.07. The Morgan fingerprint density at radius 2 is 1.72 bits per heavy atom. The van der Waals surface area contributed by atoms with E-state index in [0.717, 1.165) is 24.6 Å². The van der Waals surface area contributed by atoms with E-state index >= 15 is 0 Å². The largest absolute Gasteiger partial charge is 0.341 e. The molecule has 5 nitrogen and oxygen atoms in total. The van der Waals surface area contributed by atoms with Gasteiger partial charge in [-0.05, 0) is 38.7 Å². The van der Waals surface area contributed by atoms with E-state index in [2.05, 4.69) is 14.9 Å². The van der Waals surface area contributed by atoms with Crippen molar-refractivity contribution in [2.75, 3.05) is 18.0 Å². The van der Waals surface area contributed by atoms with Crippen molar-refractivity contribution in [3.63, 3.8) is 0 Å². The van der Waals surface area contributed by atoms with E-state index in [1.54, 1.807) is 12.4 Å². The maximum atomic E-state index is 12.9. The van der Waals surface area contributed by atoms with Gasteiger partial charge in [0.1, 0.15) is 0 Å². The average Bonchev–Trinajstić information content (AvgIpc) is 2.67. The quantitative estimate of drug-likeness (QED) is 0.837. The zero-order chi connectivity index (χ0) is 17.6. The summed E-state index contributed by atoms with van der Waals surface area (Å²) in [5.41, 5.74) is 1.67. The maximum Gasteiger partial charge on any atom is 0.257 e. The number of nitrogens with zero attached hydrogens (tertiary/aromatic N) is 4. The molecule has 1 aliphatic rings. The highest BCUT2D eigenvalue weighted by atomic mass is 16.2. The minimum Gasteiger partial charge on any atom is -0.341 e. The van der Waals surface area contributed by atoms with Crippen LogP contribution in [0.1, 0.15) is 49.0 Å². The number of aromatic nitrogens is 2. The fourth-order valence-corrected chi connectivity index (χ4v) is 3.12. The first kappa shape index (κ1) is 17.4. The summed E-state index contributed by atoms with van der Waals surface area (Å²) < 4.78 is 0. The number of anilines is 1. The van der Waals surface area contributed by atoms with Crippen molar-refractivity contribution < 1.29 is 4.79 Å². The number of hydrogen-bond donors (Lipinski definition) is 0. The molecule has 1 aromatic carbocycles. The minimum atomic E-state index is -0.0240. The molecule has 1 amide bonds. The topological polar surface area (TPSA) is 49.3 Å². The molecular formula is C20H26N4O. The van der Waals surface area contributed by atoms with Crippen LogP contribution in [0.3, 0.4) is 0 Å². The summed E-state index contributed by atoms with van der Waals surface area (Å²) in [6, 6.07) is 10.2. The second-order valence-electron chi connectivity index (χ2n) is 6.83. The van der Waals surface area contributed by atoms with Crippen LogP contribution >= 0.6 is 0 Å². The van der Waals surface area contributed by atoms with Crippen molar-refractivity contribution in [2.24, 2.45) is 0 Å². The number of carbonyl (C=O) groups excluding carboxylic acids is 1. The average molecular weight is 338 g/mol. The number of rotatable bonds is 5. The van der Waals surface area contributed by atoms with Crippen molar-refractivity contribution in [3.8, 4) is 0 Å². The van der Waals surface area contributed by atoms with Gasteiger partial charge in [0.15, 0.2) is 0 Å². The van der Waals surface area contributed by atoms with Crippen LogP contribution in [-0.2, 0) is 6.54 Å². The van der Waals surface area contributed by atoms with Crippen LogP contribution in [0.5, 0.6) is 0 Å². The van der Waals surface area contributed by atoms with Gasteiger partial charge in [-0.25, -0.2) is 9.97 Å². The molecule has 132 valence electrons. The Morgan fingerprint density at radius 1 is 1.08 bits per heavy atom. The molecule has 5 heteroatoms. The molecule has 1 fully saturated rings. The SMILES string of the molecule is CC(C)N(Cc1ccccc1)C(=O)c1cnc(N2CCCCC2)nc1. The Bertz CT molecular complexity index is 679. The van der Waals surface area contributed by atoms with Crippen molar-refractivity contribution >= 4 is 11.9 Å². The van der Waals surface area contributed by atoms with Gasteiger partial charge < -0.3 is 9.80 Å². The first-order valence-corrected chi connectivity index (χ1v) is 9.07. The highest BCUT2D eigenvalue weighted by molar-refractivity contribution is 5.93. The zero-order valence-electron chi connectivity index (χ0n) is 15.1.